The number of halogens is 2. The van der Waals surface area contributed by atoms with E-state index >= 15 is 0 Å². The molecule has 8 heteroatoms. The highest BCUT2D eigenvalue weighted by Gasteiger charge is 2.62. The molecule has 1 unspecified atom stereocenters. The Morgan fingerprint density at radius 3 is 2.84 bits per heavy atom. The molecule has 3 atom stereocenters. The Hall–Kier alpha value is -3.13. The van der Waals surface area contributed by atoms with Crippen LogP contribution in [0.5, 0.6) is 5.75 Å². The Balaban J connectivity index is 1.52. The van der Waals surface area contributed by atoms with Crippen LogP contribution in [0.15, 0.2) is 48.7 Å². The van der Waals surface area contributed by atoms with Crippen LogP contribution < -0.4 is 10.1 Å². The number of carbonyl (C=O) groups is 1. The first-order valence-electron chi connectivity index (χ1n) is 10.5. The van der Waals surface area contributed by atoms with E-state index in [-0.39, 0.29) is 30.0 Å². The van der Waals surface area contributed by atoms with Gasteiger partial charge in [0, 0.05) is 30.2 Å². The average Bonchev–Trinajstić information content (AvgIpc) is 3.53. The van der Waals surface area contributed by atoms with E-state index < -0.39 is 17.0 Å². The van der Waals surface area contributed by atoms with Crippen LogP contribution in [0.4, 0.5) is 14.5 Å². The van der Waals surface area contributed by atoms with E-state index in [0.29, 0.717) is 30.3 Å². The van der Waals surface area contributed by atoms with Crippen LogP contribution in [-0.4, -0.2) is 29.6 Å². The molecule has 0 bridgehead atoms. The number of nitrogens with zero attached hydrogens (tertiary/aromatic N) is 2. The Morgan fingerprint density at radius 2 is 2.12 bits per heavy atom. The zero-order valence-electron chi connectivity index (χ0n) is 18.0. The molecule has 1 amide bonds. The number of aryl methyl sites for hydroxylation is 1. The molecule has 0 saturated heterocycles. The van der Waals surface area contributed by atoms with Gasteiger partial charge >= 0.3 is 0 Å². The van der Waals surface area contributed by atoms with Gasteiger partial charge in [-0.3, -0.25) is 4.79 Å². The standard InChI is InChI=1S/C24H25F2N3O3/c1-15-27-12-22(21(28-15)13-31-2)32-14-24(16-6-4-3-5-7-16)11-18(24)23(30)29-17-8-9-19(25)20(26)10-17/h3-6,8-10,12,16,18H,7,11,13-14H2,1-2H3,(H,29,30)/t16?,18-,24+/m0/s1. The number of hydrogen-bond acceptors (Lipinski definition) is 5. The molecule has 1 fully saturated rings. The van der Waals surface area contributed by atoms with E-state index in [9.17, 15) is 13.6 Å². The molecular formula is C24H25F2N3O3. The number of aromatic nitrogens is 2. The van der Waals surface area contributed by atoms with Gasteiger partial charge in [0.25, 0.3) is 0 Å². The Kier molecular flexibility index (Phi) is 6.32. The third-order valence-electron chi connectivity index (χ3n) is 6.07. The summed E-state index contributed by atoms with van der Waals surface area (Å²) >= 11 is 0. The third kappa shape index (κ3) is 4.55. The van der Waals surface area contributed by atoms with Crippen LogP contribution in [0.2, 0.25) is 0 Å². The van der Waals surface area contributed by atoms with Crippen LogP contribution in [-0.2, 0) is 16.1 Å². The molecule has 0 spiro atoms. The van der Waals surface area contributed by atoms with Crippen molar-refractivity contribution in [3.63, 3.8) is 0 Å². The highest BCUT2D eigenvalue weighted by atomic mass is 19.2. The predicted octanol–water partition coefficient (Wildman–Crippen LogP) is 4.37. The van der Waals surface area contributed by atoms with Gasteiger partial charge < -0.3 is 14.8 Å². The minimum absolute atomic E-state index is 0.116. The van der Waals surface area contributed by atoms with Gasteiger partial charge in [0.2, 0.25) is 5.91 Å². The van der Waals surface area contributed by atoms with Crippen LogP contribution in [0.3, 0.4) is 0 Å². The van der Waals surface area contributed by atoms with Gasteiger partial charge in [0.05, 0.1) is 19.4 Å². The lowest BCUT2D eigenvalue weighted by Gasteiger charge is -2.27. The Labute approximate surface area is 185 Å². The molecule has 4 rings (SSSR count). The minimum Gasteiger partial charge on any atom is -0.489 e. The van der Waals surface area contributed by atoms with E-state index in [1.807, 2.05) is 12.2 Å². The molecule has 1 aromatic carbocycles. The quantitative estimate of drug-likeness (QED) is 0.659. The summed E-state index contributed by atoms with van der Waals surface area (Å²) in [6.45, 7) is 2.38. The number of allylic oxidation sites excluding steroid dienone is 4. The molecular weight excluding hydrogens is 416 g/mol. The predicted molar refractivity (Wildman–Crippen MR) is 115 cm³/mol. The summed E-state index contributed by atoms with van der Waals surface area (Å²) in [5.41, 5.74) is 0.459. The Morgan fingerprint density at radius 1 is 1.28 bits per heavy atom. The molecule has 1 aromatic heterocycles. The zero-order valence-corrected chi connectivity index (χ0v) is 18.0. The zero-order chi connectivity index (χ0) is 22.7. The van der Waals surface area contributed by atoms with E-state index in [2.05, 4.69) is 27.4 Å². The number of benzene rings is 1. The van der Waals surface area contributed by atoms with E-state index in [4.69, 9.17) is 9.47 Å². The summed E-state index contributed by atoms with van der Waals surface area (Å²) in [5.74, 6) is -1.25. The molecule has 2 aromatic rings. The van der Waals surface area contributed by atoms with Crippen molar-refractivity contribution in [3.05, 3.63) is 71.9 Å². The lowest BCUT2D eigenvalue weighted by atomic mass is 9.82. The third-order valence-corrected chi connectivity index (χ3v) is 6.07. The molecule has 168 valence electrons. The molecule has 6 nitrogen and oxygen atoms in total. The summed E-state index contributed by atoms with van der Waals surface area (Å²) in [6, 6.07) is 3.33. The summed E-state index contributed by atoms with van der Waals surface area (Å²) < 4.78 is 38.1. The maximum absolute atomic E-state index is 13.5. The number of rotatable bonds is 8. The van der Waals surface area contributed by atoms with Gasteiger partial charge in [0.15, 0.2) is 17.4 Å². The highest BCUT2D eigenvalue weighted by Crippen LogP contribution is 2.60. The Bertz CT molecular complexity index is 1070. The SMILES string of the molecule is COCc1nc(C)ncc1OC[C@@]1(C2C=CC=CC2)C[C@H]1C(=O)Nc1ccc(F)c(F)c1. The van der Waals surface area contributed by atoms with Crippen molar-refractivity contribution in [3.8, 4) is 5.75 Å². The highest BCUT2D eigenvalue weighted by molar-refractivity contribution is 5.95. The summed E-state index contributed by atoms with van der Waals surface area (Å²) in [7, 11) is 1.58. The first-order chi connectivity index (χ1) is 15.4. The van der Waals surface area contributed by atoms with Crippen molar-refractivity contribution < 1.29 is 23.0 Å². The first-order valence-corrected chi connectivity index (χ1v) is 10.5. The average molecular weight is 441 g/mol. The van der Waals surface area contributed by atoms with Crippen LogP contribution in [0, 0.1) is 35.8 Å². The molecule has 1 heterocycles. The summed E-state index contributed by atoms with van der Waals surface area (Å²) in [5, 5.41) is 2.72. The van der Waals surface area contributed by atoms with Crippen molar-refractivity contribution in [1.82, 2.24) is 9.97 Å². The van der Waals surface area contributed by atoms with Crippen molar-refractivity contribution >= 4 is 11.6 Å². The van der Waals surface area contributed by atoms with Gasteiger partial charge in [-0.05, 0) is 37.8 Å². The topological polar surface area (TPSA) is 73.3 Å². The van der Waals surface area contributed by atoms with Crippen molar-refractivity contribution in [1.29, 1.82) is 0 Å². The lowest BCUT2D eigenvalue weighted by molar-refractivity contribution is -0.118. The molecule has 32 heavy (non-hydrogen) atoms. The molecule has 2 aliphatic rings. The largest absolute Gasteiger partial charge is 0.489 e. The number of nitrogens with one attached hydrogen (secondary N) is 1. The second-order valence-corrected chi connectivity index (χ2v) is 8.21. The van der Waals surface area contributed by atoms with Crippen LogP contribution >= 0.6 is 0 Å². The summed E-state index contributed by atoms with van der Waals surface area (Å²) in [6.07, 6.45) is 11.2. The van der Waals surface area contributed by atoms with E-state index in [1.165, 1.54) is 6.07 Å². The van der Waals surface area contributed by atoms with Gasteiger partial charge in [0.1, 0.15) is 11.5 Å². The fourth-order valence-electron chi connectivity index (χ4n) is 4.24. The molecule has 1 N–H and O–H groups in total. The molecule has 0 radical (unpaired) electrons. The number of carbonyl (C=O) groups excluding carboxylic acids is 1. The molecule has 1 saturated carbocycles. The second kappa shape index (κ2) is 9.16. The van der Waals surface area contributed by atoms with Gasteiger partial charge in [-0.15, -0.1) is 0 Å². The minimum atomic E-state index is -1.00. The maximum atomic E-state index is 13.5. The fraction of sp³-hybridized carbons (Fsp3) is 0.375. The number of ether oxygens (including phenoxy) is 2. The number of amides is 1. The van der Waals surface area contributed by atoms with Gasteiger partial charge in [-0.2, -0.15) is 0 Å². The number of methoxy groups -OCH3 is 1. The van der Waals surface area contributed by atoms with E-state index in [0.717, 1.165) is 18.6 Å². The van der Waals surface area contributed by atoms with Crippen LogP contribution in [0.25, 0.3) is 0 Å². The second-order valence-electron chi connectivity index (χ2n) is 8.21. The monoisotopic (exact) mass is 441 g/mol. The van der Waals surface area contributed by atoms with Crippen molar-refractivity contribution in [2.24, 2.45) is 17.3 Å². The fourth-order valence-corrected chi connectivity index (χ4v) is 4.24. The lowest BCUT2D eigenvalue weighted by Crippen LogP contribution is -2.29. The first kappa shape index (κ1) is 22.1. The molecule has 0 aliphatic heterocycles. The number of anilines is 1. The van der Waals surface area contributed by atoms with Gasteiger partial charge in [-0.1, -0.05) is 24.3 Å². The van der Waals surface area contributed by atoms with Gasteiger partial charge in [-0.25, -0.2) is 18.7 Å². The van der Waals surface area contributed by atoms with E-state index in [1.54, 1.807) is 20.2 Å². The maximum Gasteiger partial charge on any atom is 0.228 e. The smallest absolute Gasteiger partial charge is 0.228 e. The molecule has 2 aliphatic carbocycles. The number of hydrogen-bond donors (Lipinski definition) is 1. The van der Waals surface area contributed by atoms with Crippen molar-refractivity contribution in [2.75, 3.05) is 19.0 Å². The summed E-state index contributed by atoms with van der Waals surface area (Å²) in [4.78, 5) is 21.6. The normalized spacial score (nSPS) is 23.8. The van der Waals surface area contributed by atoms with Crippen molar-refractivity contribution in [2.45, 2.75) is 26.4 Å². The van der Waals surface area contributed by atoms with Crippen LogP contribution in [0.1, 0.15) is 24.4 Å².